The van der Waals surface area contributed by atoms with E-state index in [-0.39, 0.29) is 25.9 Å². The van der Waals surface area contributed by atoms with Gasteiger partial charge in [0.25, 0.3) is 0 Å². The third-order valence-corrected chi connectivity index (χ3v) is 3.99. The van der Waals surface area contributed by atoms with Crippen molar-refractivity contribution < 1.29 is 27.2 Å². The van der Waals surface area contributed by atoms with Crippen LogP contribution in [0.15, 0.2) is 22.8 Å². The lowest BCUT2D eigenvalue weighted by molar-refractivity contribution is -0.198. The highest BCUT2D eigenvalue weighted by atomic mass is 19.4. The van der Waals surface area contributed by atoms with E-state index in [9.17, 15) is 22.8 Å². The summed E-state index contributed by atoms with van der Waals surface area (Å²) in [5.74, 6) is -3.37. The number of hydrogen-bond donors (Lipinski definition) is 2. The van der Waals surface area contributed by atoms with E-state index in [1.807, 2.05) is 0 Å². The molecule has 128 valence electrons. The number of hydrogen-bond acceptors (Lipinski definition) is 3. The standard InChI is InChI=1S/C15H19F3N2O3/c16-15(17,18)12-6-2-1-5-11(12)14(22)20-9-13(21)19-8-10-4-3-7-23-10/h3-4,7,11-12H,1-2,5-6,8-9H2,(H,19,21)(H,20,22). The van der Waals surface area contributed by atoms with Crippen molar-refractivity contribution in [3.8, 4) is 0 Å². The number of halogens is 3. The van der Waals surface area contributed by atoms with Gasteiger partial charge in [-0.25, -0.2) is 0 Å². The summed E-state index contributed by atoms with van der Waals surface area (Å²) in [5.41, 5.74) is 0. The van der Waals surface area contributed by atoms with E-state index in [1.54, 1.807) is 12.1 Å². The molecule has 1 heterocycles. The molecule has 1 aromatic heterocycles. The van der Waals surface area contributed by atoms with Crippen LogP contribution < -0.4 is 10.6 Å². The lowest BCUT2D eigenvalue weighted by atomic mass is 9.78. The van der Waals surface area contributed by atoms with Crippen molar-refractivity contribution in [1.82, 2.24) is 10.6 Å². The zero-order valence-corrected chi connectivity index (χ0v) is 12.5. The van der Waals surface area contributed by atoms with Crippen LogP contribution in [0.3, 0.4) is 0 Å². The molecule has 1 aliphatic carbocycles. The Bertz CT molecular complexity index is 529. The first kappa shape index (κ1) is 17.4. The van der Waals surface area contributed by atoms with Gasteiger partial charge in [-0.3, -0.25) is 9.59 Å². The Labute approximate surface area is 131 Å². The topological polar surface area (TPSA) is 71.3 Å². The summed E-state index contributed by atoms with van der Waals surface area (Å²) in [4.78, 5) is 23.6. The molecule has 5 nitrogen and oxygen atoms in total. The Morgan fingerprint density at radius 1 is 1.22 bits per heavy atom. The second-order valence-electron chi connectivity index (χ2n) is 5.61. The summed E-state index contributed by atoms with van der Waals surface area (Å²) in [6, 6.07) is 3.35. The van der Waals surface area contributed by atoms with E-state index in [4.69, 9.17) is 4.42 Å². The zero-order valence-electron chi connectivity index (χ0n) is 12.5. The molecule has 2 amide bonds. The molecule has 2 N–H and O–H groups in total. The van der Waals surface area contributed by atoms with Crippen LogP contribution in [0.4, 0.5) is 13.2 Å². The second kappa shape index (κ2) is 7.52. The van der Waals surface area contributed by atoms with Crippen LogP contribution in [0.25, 0.3) is 0 Å². The molecular weight excluding hydrogens is 313 g/mol. The van der Waals surface area contributed by atoms with Gasteiger partial charge in [-0.05, 0) is 25.0 Å². The molecule has 1 aliphatic rings. The number of furan rings is 1. The van der Waals surface area contributed by atoms with E-state index in [0.717, 1.165) is 0 Å². The van der Waals surface area contributed by atoms with Gasteiger partial charge in [0.15, 0.2) is 0 Å². The number of carbonyl (C=O) groups is 2. The molecule has 0 radical (unpaired) electrons. The summed E-state index contributed by atoms with van der Waals surface area (Å²) < 4.78 is 43.9. The van der Waals surface area contributed by atoms with Crippen LogP contribution in [0.5, 0.6) is 0 Å². The molecule has 1 saturated carbocycles. The van der Waals surface area contributed by atoms with Crippen molar-refractivity contribution in [3.63, 3.8) is 0 Å². The van der Waals surface area contributed by atoms with Gasteiger partial charge in [-0.2, -0.15) is 13.2 Å². The largest absolute Gasteiger partial charge is 0.467 e. The summed E-state index contributed by atoms with van der Waals surface area (Å²) >= 11 is 0. The van der Waals surface area contributed by atoms with Gasteiger partial charge in [0.2, 0.25) is 11.8 Å². The number of nitrogens with one attached hydrogen (secondary N) is 2. The van der Waals surface area contributed by atoms with Crippen molar-refractivity contribution in [2.45, 2.75) is 38.4 Å². The normalized spacial score (nSPS) is 21.7. The van der Waals surface area contributed by atoms with E-state index < -0.39 is 29.8 Å². The summed E-state index contributed by atoms with van der Waals surface area (Å²) in [7, 11) is 0. The average Bonchev–Trinajstić information content (AvgIpc) is 3.03. The maximum atomic E-state index is 13.0. The highest BCUT2D eigenvalue weighted by Crippen LogP contribution is 2.41. The minimum atomic E-state index is -4.38. The maximum Gasteiger partial charge on any atom is 0.392 e. The predicted octanol–water partition coefficient (Wildman–Crippen LogP) is 2.38. The summed E-state index contributed by atoms with van der Waals surface area (Å²) in [6.45, 7) is -0.184. The van der Waals surface area contributed by atoms with Crippen LogP contribution in [0.2, 0.25) is 0 Å². The highest BCUT2D eigenvalue weighted by molar-refractivity contribution is 5.86. The highest BCUT2D eigenvalue weighted by Gasteiger charge is 2.47. The van der Waals surface area contributed by atoms with Crippen molar-refractivity contribution in [1.29, 1.82) is 0 Å². The smallest absolute Gasteiger partial charge is 0.392 e. The lowest BCUT2D eigenvalue weighted by Gasteiger charge is -2.31. The quantitative estimate of drug-likeness (QED) is 0.870. The summed E-state index contributed by atoms with van der Waals surface area (Å²) in [5, 5.41) is 4.82. The van der Waals surface area contributed by atoms with Gasteiger partial charge in [0, 0.05) is 5.92 Å². The van der Waals surface area contributed by atoms with E-state index in [0.29, 0.717) is 18.6 Å². The van der Waals surface area contributed by atoms with E-state index in [2.05, 4.69) is 10.6 Å². The molecule has 1 fully saturated rings. The third kappa shape index (κ3) is 5.01. The predicted molar refractivity (Wildman–Crippen MR) is 75.1 cm³/mol. The van der Waals surface area contributed by atoms with Crippen molar-refractivity contribution in [3.05, 3.63) is 24.2 Å². The third-order valence-electron chi connectivity index (χ3n) is 3.99. The Morgan fingerprint density at radius 2 is 1.96 bits per heavy atom. The van der Waals surface area contributed by atoms with E-state index in [1.165, 1.54) is 6.26 Å². The second-order valence-corrected chi connectivity index (χ2v) is 5.61. The molecule has 0 spiro atoms. The molecule has 0 bridgehead atoms. The number of alkyl halides is 3. The lowest BCUT2D eigenvalue weighted by Crippen LogP contribution is -2.45. The van der Waals surface area contributed by atoms with Crippen LogP contribution in [-0.4, -0.2) is 24.5 Å². The fourth-order valence-electron chi connectivity index (χ4n) is 2.80. The van der Waals surface area contributed by atoms with Gasteiger partial charge >= 0.3 is 6.18 Å². The minimum Gasteiger partial charge on any atom is -0.467 e. The Kier molecular flexibility index (Phi) is 5.68. The van der Waals surface area contributed by atoms with Gasteiger partial charge < -0.3 is 15.1 Å². The molecule has 0 saturated heterocycles. The van der Waals surface area contributed by atoms with Crippen molar-refractivity contribution >= 4 is 11.8 Å². The van der Waals surface area contributed by atoms with Crippen molar-refractivity contribution in [2.75, 3.05) is 6.54 Å². The van der Waals surface area contributed by atoms with Crippen molar-refractivity contribution in [2.24, 2.45) is 11.8 Å². The summed E-state index contributed by atoms with van der Waals surface area (Å²) in [6.07, 6.45) is -1.70. The zero-order chi connectivity index (χ0) is 16.9. The Hall–Kier alpha value is -1.99. The monoisotopic (exact) mass is 332 g/mol. The molecule has 8 heteroatoms. The van der Waals surface area contributed by atoms with Gasteiger partial charge in [-0.15, -0.1) is 0 Å². The first-order chi connectivity index (χ1) is 10.9. The molecule has 23 heavy (non-hydrogen) atoms. The van der Waals surface area contributed by atoms with Crippen LogP contribution >= 0.6 is 0 Å². The first-order valence-corrected chi connectivity index (χ1v) is 7.51. The molecule has 0 aromatic carbocycles. The maximum absolute atomic E-state index is 13.0. The number of amides is 2. The van der Waals surface area contributed by atoms with Gasteiger partial charge in [0.1, 0.15) is 5.76 Å². The number of carbonyl (C=O) groups excluding carboxylic acids is 2. The SMILES string of the molecule is O=C(CNC(=O)C1CCCCC1C(F)(F)F)NCc1ccco1. The van der Waals surface area contributed by atoms with Crippen LogP contribution in [0.1, 0.15) is 31.4 Å². The first-order valence-electron chi connectivity index (χ1n) is 7.51. The fourth-order valence-corrected chi connectivity index (χ4v) is 2.80. The van der Waals surface area contributed by atoms with Gasteiger partial charge in [-0.1, -0.05) is 12.8 Å². The molecule has 0 aliphatic heterocycles. The Balaban J connectivity index is 1.79. The van der Waals surface area contributed by atoms with Crippen LogP contribution in [-0.2, 0) is 16.1 Å². The minimum absolute atomic E-state index is 0.0354. The average molecular weight is 332 g/mol. The molecule has 2 unspecified atom stereocenters. The number of rotatable bonds is 5. The van der Waals surface area contributed by atoms with Crippen LogP contribution in [0, 0.1) is 11.8 Å². The fraction of sp³-hybridized carbons (Fsp3) is 0.600. The molecule has 1 aromatic rings. The molecular formula is C15H19F3N2O3. The molecule has 2 rings (SSSR count). The Morgan fingerprint density at radius 3 is 2.61 bits per heavy atom. The van der Waals surface area contributed by atoms with Gasteiger partial charge in [0.05, 0.1) is 25.3 Å². The van der Waals surface area contributed by atoms with E-state index >= 15 is 0 Å². The molecule has 2 atom stereocenters.